The van der Waals surface area contributed by atoms with Crippen molar-refractivity contribution in [3.05, 3.63) is 237 Å². The number of piperazine rings is 1. The lowest BCUT2D eigenvalue weighted by Crippen LogP contribution is -2.44. The van der Waals surface area contributed by atoms with Gasteiger partial charge in [-0.2, -0.15) is 20.4 Å². The molecule has 0 aliphatic carbocycles. The van der Waals surface area contributed by atoms with Crippen LogP contribution in [-0.4, -0.2) is 275 Å². The molecule has 16 aromatic rings. The molecule has 0 unspecified atom stereocenters. The number of urea groups is 3. The van der Waals surface area contributed by atoms with Gasteiger partial charge in [0.25, 0.3) is 5.91 Å². The van der Waals surface area contributed by atoms with Crippen LogP contribution in [0.1, 0.15) is 49.3 Å². The number of anilines is 7. The molecule has 8 aromatic heterocycles. The maximum atomic E-state index is 13.3. The number of benzene rings is 8. The van der Waals surface area contributed by atoms with Crippen molar-refractivity contribution in [2.75, 3.05) is 182 Å². The third-order valence-corrected chi connectivity index (χ3v) is 24.7. The van der Waals surface area contributed by atoms with Gasteiger partial charge >= 0.3 is 18.1 Å². The summed E-state index contributed by atoms with van der Waals surface area (Å²) in [5.74, 6) is 2.85. The van der Waals surface area contributed by atoms with Crippen LogP contribution in [0.4, 0.5) is 54.2 Å². The summed E-state index contributed by atoms with van der Waals surface area (Å²) in [6.45, 7) is 25.6. The molecule has 21 rings (SSSR count). The number of nitrogens with one attached hydrogen (secondary N) is 15. The van der Waals surface area contributed by atoms with Crippen LogP contribution in [0.5, 0.6) is 5.75 Å². The lowest BCUT2D eigenvalue weighted by molar-refractivity contribution is 0.0341. The molecule has 38 nitrogen and oxygen atoms in total. The second-order valence-corrected chi connectivity index (χ2v) is 34.8. The fourth-order valence-corrected chi connectivity index (χ4v) is 17.0. The lowest BCUT2D eigenvalue weighted by Gasteiger charge is -2.34. The van der Waals surface area contributed by atoms with Crippen LogP contribution >= 0.6 is 23.2 Å². The molecule has 0 bridgehead atoms. The number of H-pyrrole nitrogens is 8. The van der Waals surface area contributed by atoms with Gasteiger partial charge in [-0.25, -0.2) is 34.3 Å². The molecular formula is C97H107Cl2N29O9. The molecule has 40 heteroatoms. The monoisotopic (exact) mass is 1890 g/mol. The van der Waals surface area contributed by atoms with Gasteiger partial charge in [-0.15, -0.1) is 0 Å². The number of nitrogens with zero attached hydrogens (tertiary/aromatic N) is 14. The molecule has 0 spiro atoms. The Morgan fingerprint density at radius 2 is 0.774 bits per heavy atom. The number of likely N-dealkylation sites (N-methyl/N-ethyl adjacent to an activating group) is 1. The summed E-state index contributed by atoms with van der Waals surface area (Å²) in [6.07, 6.45) is 6.29. The van der Waals surface area contributed by atoms with E-state index in [1.165, 1.54) is 28.5 Å². The molecule has 0 radical (unpaired) electrons. The number of hydrogen-bond donors (Lipinski definition) is 15. The number of rotatable bonds is 23. The molecule has 5 fully saturated rings. The van der Waals surface area contributed by atoms with Crippen LogP contribution < -0.4 is 46.9 Å². The molecule has 5 aliphatic heterocycles. The van der Waals surface area contributed by atoms with E-state index < -0.39 is 12.1 Å². The van der Waals surface area contributed by atoms with Crippen LogP contribution in [0.3, 0.4) is 0 Å². The van der Waals surface area contributed by atoms with Crippen LogP contribution in [0.25, 0.3) is 90.2 Å². The first kappa shape index (κ1) is 93.0. The normalized spacial score (nSPS) is 15.2. The van der Waals surface area contributed by atoms with Gasteiger partial charge in [-0.1, -0.05) is 83.9 Å². The van der Waals surface area contributed by atoms with Crippen LogP contribution in [-0.2, 0) is 51.7 Å². The minimum Gasteiger partial charge on any atom is -0.495 e. The highest BCUT2D eigenvalue weighted by molar-refractivity contribution is 6.42. The number of carbonyl (C=O) groups excluding carboxylic acids is 4. The molecule has 15 N–H and O–H groups in total. The Balaban J connectivity index is 0.000000122. The Morgan fingerprint density at radius 3 is 1.18 bits per heavy atom. The summed E-state index contributed by atoms with van der Waals surface area (Å²) in [4.78, 5) is 97.2. The predicted octanol–water partition coefficient (Wildman–Crippen LogP) is 14.7. The zero-order valence-electron chi connectivity index (χ0n) is 76.2. The number of imidazole rings is 4. The first-order valence-electron chi connectivity index (χ1n) is 45.4. The summed E-state index contributed by atoms with van der Waals surface area (Å²) >= 11 is 11.9. The standard InChI is InChI=1S/C28H34N8O2.C24H27N7O3.C23H25N7O2.C22H21Cl2N7O2/c1-19-13-21(16-22(14-19)36-7-5-34(2)6-8-36)28(37)32-25-17-29-33-26(25)27-30-23-4-3-20(15-24(23)31-27)18-35-9-11-38-12-10-35;1-15-3-6-21(33-2)19(11-15)28-24(32)29-20-13-25-30-22(20)23-26-17-5-4-16(12-18(17)27-23)14-31-7-9-34-10-8-31;31-23(24-13-16-4-2-1-3-5-16)28-20-14-25-29-21(20)22-26-18-7-6-17(12-19(18)27-22)15-30-8-10-32-11-9-30;23-15-3-2-14(10-16(15)24)26-22(32)29-19-11-25-30-20(19)21-27-17-4-1-13(9-18(17)28-21)12-31-5-7-33-8-6-31/h3-4,13-17H,5-12,18H2,1-2H3,(H,29,33)(H,30,31)(H,32,37);3-6,11-13H,7-10,14H2,1-2H3,(H,25,30)(H,26,27)(H2,28,29,32);1-7,12,14H,8-11,13,15H2,(H,25,29)(H,26,27)(H2,24,28,31);1-4,9-11H,5-8,12H2,(H,25,30)(H,27,28)(H2,26,29,32). The topological polar surface area (TPSA) is 448 Å². The molecule has 5 aliphatic rings. The van der Waals surface area contributed by atoms with Gasteiger partial charge < -0.3 is 90.6 Å². The first-order valence-corrected chi connectivity index (χ1v) is 46.2. The Morgan fingerprint density at radius 1 is 0.380 bits per heavy atom. The van der Waals surface area contributed by atoms with E-state index in [1.54, 1.807) is 43.9 Å². The van der Waals surface area contributed by atoms with Gasteiger partial charge in [0.15, 0.2) is 23.3 Å². The Labute approximate surface area is 797 Å². The number of ether oxygens (including phenoxy) is 5. The summed E-state index contributed by atoms with van der Waals surface area (Å²) in [5, 5.41) is 48.9. The van der Waals surface area contributed by atoms with Crippen molar-refractivity contribution in [2.24, 2.45) is 0 Å². The Kier molecular flexibility index (Phi) is 29.8. The molecular weight excluding hydrogens is 1790 g/mol. The molecule has 7 amide bonds. The van der Waals surface area contributed by atoms with Crippen molar-refractivity contribution >= 4 is 131 Å². The molecule has 708 valence electrons. The van der Waals surface area contributed by atoms with E-state index in [0.717, 1.165) is 224 Å². The van der Waals surface area contributed by atoms with Crippen molar-refractivity contribution in [2.45, 2.75) is 46.6 Å². The fourth-order valence-electron chi connectivity index (χ4n) is 16.7. The molecule has 5 saturated heterocycles. The quantitative estimate of drug-likeness (QED) is 0.0283. The van der Waals surface area contributed by atoms with Gasteiger partial charge in [0.2, 0.25) is 0 Å². The zero-order chi connectivity index (χ0) is 94.1. The zero-order valence-corrected chi connectivity index (χ0v) is 77.7. The fraction of sp³-hybridized carbons (Fsp3) is 0.299. The van der Waals surface area contributed by atoms with E-state index in [0.29, 0.717) is 108 Å². The summed E-state index contributed by atoms with van der Waals surface area (Å²) in [7, 11) is 3.71. The number of fused-ring (bicyclic) bond motifs is 4. The number of aromatic amines is 8. The van der Waals surface area contributed by atoms with E-state index in [-0.39, 0.29) is 11.9 Å². The molecule has 0 saturated carbocycles. The summed E-state index contributed by atoms with van der Waals surface area (Å²) in [6, 6.07) is 50.0. The number of methoxy groups -OCH3 is 1. The van der Waals surface area contributed by atoms with Crippen LogP contribution in [0.15, 0.2) is 183 Å². The highest BCUT2D eigenvalue weighted by Crippen LogP contribution is 2.35. The van der Waals surface area contributed by atoms with Crippen molar-refractivity contribution in [3.63, 3.8) is 0 Å². The lowest BCUT2D eigenvalue weighted by atomic mass is 10.1. The molecule has 137 heavy (non-hydrogen) atoms. The van der Waals surface area contributed by atoms with E-state index >= 15 is 0 Å². The van der Waals surface area contributed by atoms with Gasteiger partial charge in [0.1, 0.15) is 28.5 Å². The third kappa shape index (κ3) is 24.1. The highest BCUT2D eigenvalue weighted by Gasteiger charge is 2.26. The first-order chi connectivity index (χ1) is 66.9. The van der Waals surface area contributed by atoms with Crippen LogP contribution in [0.2, 0.25) is 10.0 Å². The number of morpholine rings is 4. The number of carbonyl (C=O) groups is 4. The molecule has 0 atom stereocenters. The largest absolute Gasteiger partial charge is 0.495 e. The number of aromatic nitrogens is 16. The average Bonchev–Trinajstić information content (AvgIpc) is 1.66. The minimum atomic E-state index is -0.444. The third-order valence-electron chi connectivity index (χ3n) is 24.0. The smallest absolute Gasteiger partial charge is 0.323 e. The van der Waals surface area contributed by atoms with Crippen molar-refractivity contribution < 1.29 is 42.9 Å². The van der Waals surface area contributed by atoms with E-state index in [2.05, 4.69) is 204 Å². The van der Waals surface area contributed by atoms with E-state index in [1.807, 2.05) is 98.8 Å². The number of amides is 7. The SMILES string of the molecule is COc1ccc(C)cc1NC(=O)Nc1cn[nH]c1-c1nc2ccc(CN3CCOCC3)cc2[nH]1.Cc1cc(C(=O)Nc2cn[nH]c2-c2nc3ccc(CN4CCOCC4)cc3[nH]2)cc(N2CCN(C)CC2)c1.O=C(NCc1ccccc1)Nc1cn[nH]c1-c1nc2ccc(CN3CCOCC3)cc2[nH]1.O=C(Nc1ccc(Cl)c(Cl)c1)Nc1cn[nH]c1-c1nc2ccc(CN3CCOCC3)cc2[nH]1. The van der Waals surface area contributed by atoms with Gasteiger partial charge in [-0.05, 0) is 157 Å². The molecule has 13 heterocycles. The van der Waals surface area contributed by atoms with E-state index in [4.69, 9.17) is 51.9 Å². The number of hydrogen-bond acceptors (Lipinski definition) is 23. The highest BCUT2D eigenvalue weighted by atomic mass is 35.5. The predicted molar refractivity (Wildman–Crippen MR) is 530 cm³/mol. The van der Waals surface area contributed by atoms with Crippen LogP contribution in [0, 0.1) is 13.8 Å². The second kappa shape index (κ2) is 43.9. The van der Waals surface area contributed by atoms with E-state index in [9.17, 15) is 19.2 Å². The van der Waals surface area contributed by atoms with Crippen molar-refractivity contribution in [3.8, 4) is 51.8 Å². The Hall–Kier alpha value is -14.4. The number of halogens is 2. The number of aryl methyl sites for hydroxylation is 2. The maximum absolute atomic E-state index is 13.3. The maximum Gasteiger partial charge on any atom is 0.323 e. The van der Waals surface area contributed by atoms with Crippen molar-refractivity contribution in [1.82, 2.24) is 110 Å². The summed E-state index contributed by atoms with van der Waals surface area (Å²) < 4.78 is 27.1. The average molecular weight is 1890 g/mol. The minimum absolute atomic E-state index is 0.171. The molecule has 8 aromatic carbocycles. The second-order valence-electron chi connectivity index (χ2n) is 34.0. The Bertz CT molecular complexity index is 6850. The van der Waals surface area contributed by atoms with Gasteiger partial charge in [0, 0.05) is 128 Å². The van der Waals surface area contributed by atoms with Gasteiger partial charge in [-0.3, -0.25) is 44.8 Å². The summed E-state index contributed by atoms with van der Waals surface area (Å²) in [5.41, 5.74) is 22.5. The van der Waals surface area contributed by atoms with Crippen molar-refractivity contribution in [1.29, 1.82) is 0 Å². The van der Waals surface area contributed by atoms with Gasteiger partial charge in [0.05, 0.1) is 167 Å².